The van der Waals surface area contributed by atoms with Crippen molar-refractivity contribution in [3.63, 3.8) is 0 Å². The quantitative estimate of drug-likeness (QED) is 0.912. The van der Waals surface area contributed by atoms with Gasteiger partial charge in [-0.1, -0.05) is 20.8 Å². The molecule has 0 aliphatic carbocycles. The smallest absolute Gasteiger partial charge is 0.0767 e. The molecule has 1 aliphatic heterocycles. The third kappa shape index (κ3) is 3.62. The van der Waals surface area contributed by atoms with E-state index in [2.05, 4.69) is 59.1 Å². The van der Waals surface area contributed by atoms with E-state index in [4.69, 9.17) is 0 Å². The highest BCUT2D eigenvalue weighted by molar-refractivity contribution is 9.10. The third-order valence-electron chi connectivity index (χ3n) is 4.19. The van der Waals surface area contributed by atoms with Crippen LogP contribution in [0.25, 0.3) is 0 Å². The van der Waals surface area contributed by atoms with Crippen molar-refractivity contribution in [3.05, 3.63) is 15.9 Å². The highest BCUT2D eigenvalue weighted by atomic mass is 79.9. The average Bonchev–Trinajstić information content (AvgIpc) is 2.61. The molecule has 0 aromatic carbocycles. The fourth-order valence-corrected chi connectivity index (χ4v) is 3.56. The Labute approximate surface area is 131 Å². The van der Waals surface area contributed by atoms with Crippen LogP contribution < -0.4 is 5.32 Å². The van der Waals surface area contributed by atoms with Crippen molar-refractivity contribution in [2.75, 3.05) is 19.6 Å². The molecule has 1 aromatic rings. The summed E-state index contributed by atoms with van der Waals surface area (Å²) in [5.74, 6) is 0.678. The topological polar surface area (TPSA) is 33.1 Å². The zero-order chi connectivity index (χ0) is 14.7. The molecule has 1 fully saturated rings. The molecular weight excluding hydrogens is 316 g/mol. The van der Waals surface area contributed by atoms with E-state index in [1.54, 1.807) is 0 Å². The maximum atomic E-state index is 4.60. The Morgan fingerprint density at radius 3 is 2.80 bits per heavy atom. The number of hydrogen-bond acceptors (Lipinski definition) is 3. The van der Waals surface area contributed by atoms with E-state index in [0.717, 1.165) is 38.3 Å². The van der Waals surface area contributed by atoms with Crippen molar-refractivity contribution in [2.45, 2.75) is 46.2 Å². The van der Waals surface area contributed by atoms with Crippen LogP contribution in [0.2, 0.25) is 0 Å². The zero-order valence-electron chi connectivity index (χ0n) is 13.1. The molecule has 0 amide bonds. The third-order valence-corrected chi connectivity index (χ3v) is 5.11. The van der Waals surface area contributed by atoms with E-state index in [1.165, 1.54) is 16.6 Å². The van der Waals surface area contributed by atoms with Gasteiger partial charge in [0, 0.05) is 26.2 Å². The fourth-order valence-electron chi connectivity index (χ4n) is 2.82. The van der Waals surface area contributed by atoms with E-state index in [1.807, 2.05) is 4.68 Å². The van der Waals surface area contributed by atoms with Crippen LogP contribution in [0.4, 0.5) is 0 Å². The van der Waals surface area contributed by atoms with Crippen LogP contribution in [0, 0.1) is 5.92 Å². The van der Waals surface area contributed by atoms with Crippen molar-refractivity contribution in [2.24, 2.45) is 13.0 Å². The van der Waals surface area contributed by atoms with E-state index in [-0.39, 0.29) is 0 Å². The lowest BCUT2D eigenvalue weighted by Crippen LogP contribution is -2.41. The Balaban J connectivity index is 2.10. The average molecular weight is 343 g/mol. The SMILES string of the molecule is CCc1nn(C)c(CN2CCCNC(C(C)C)C2)c1Br. The van der Waals surface area contributed by atoms with Crippen LogP contribution in [0.5, 0.6) is 0 Å². The first kappa shape index (κ1) is 16.0. The first-order chi connectivity index (χ1) is 9.52. The zero-order valence-corrected chi connectivity index (χ0v) is 14.7. The molecular formula is C15H27BrN4. The van der Waals surface area contributed by atoms with Gasteiger partial charge in [0.05, 0.1) is 15.9 Å². The van der Waals surface area contributed by atoms with Gasteiger partial charge in [0.2, 0.25) is 0 Å². The first-order valence-electron chi connectivity index (χ1n) is 7.68. The molecule has 1 aliphatic rings. The van der Waals surface area contributed by atoms with Crippen LogP contribution in [0.15, 0.2) is 4.47 Å². The molecule has 1 N–H and O–H groups in total. The number of rotatable bonds is 4. The summed E-state index contributed by atoms with van der Waals surface area (Å²) in [4.78, 5) is 2.56. The van der Waals surface area contributed by atoms with Gasteiger partial charge in [-0.15, -0.1) is 0 Å². The number of aryl methyl sites for hydroxylation is 2. The molecule has 2 rings (SSSR count). The summed E-state index contributed by atoms with van der Waals surface area (Å²) in [7, 11) is 2.05. The molecule has 0 saturated carbocycles. The number of nitrogens with one attached hydrogen (secondary N) is 1. The lowest BCUT2D eigenvalue weighted by Gasteiger charge is -2.26. The monoisotopic (exact) mass is 342 g/mol. The molecule has 4 nitrogen and oxygen atoms in total. The minimum atomic E-state index is 0.593. The second kappa shape index (κ2) is 7.05. The molecule has 0 radical (unpaired) electrons. The number of nitrogens with zero attached hydrogens (tertiary/aromatic N) is 3. The maximum absolute atomic E-state index is 4.60. The molecule has 5 heteroatoms. The lowest BCUT2D eigenvalue weighted by atomic mass is 10.0. The second-order valence-corrected chi connectivity index (χ2v) is 6.87. The van der Waals surface area contributed by atoms with Crippen molar-refractivity contribution in [1.82, 2.24) is 20.0 Å². The summed E-state index contributed by atoms with van der Waals surface area (Å²) in [6.07, 6.45) is 2.20. The Bertz CT molecular complexity index is 441. The van der Waals surface area contributed by atoms with E-state index in [9.17, 15) is 0 Å². The van der Waals surface area contributed by atoms with Crippen LogP contribution in [-0.2, 0) is 20.0 Å². The molecule has 114 valence electrons. The predicted molar refractivity (Wildman–Crippen MR) is 86.8 cm³/mol. The molecule has 1 atom stereocenters. The minimum absolute atomic E-state index is 0.593. The van der Waals surface area contributed by atoms with Gasteiger partial charge in [-0.05, 0) is 47.8 Å². The van der Waals surface area contributed by atoms with Crippen LogP contribution in [-0.4, -0.2) is 40.4 Å². The number of hydrogen-bond donors (Lipinski definition) is 1. The van der Waals surface area contributed by atoms with Gasteiger partial charge in [0.1, 0.15) is 0 Å². The maximum Gasteiger partial charge on any atom is 0.0767 e. The number of aromatic nitrogens is 2. The van der Waals surface area contributed by atoms with Crippen molar-refractivity contribution in [1.29, 1.82) is 0 Å². The predicted octanol–water partition coefficient (Wildman–Crippen LogP) is 2.56. The van der Waals surface area contributed by atoms with Gasteiger partial charge < -0.3 is 5.32 Å². The molecule has 1 aromatic heterocycles. The lowest BCUT2D eigenvalue weighted by molar-refractivity contribution is 0.233. The van der Waals surface area contributed by atoms with Crippen LogP contribution in [0.3, 0.4) is 0 Å². The molecule has 0 bridgehead atoms. The van der Waals surface area contributed by atoms with Gasteiger partial charge in [-0.2, -0.15) is 5.10 Å². The summed E-state index contributed by atoms with van der Waals surface area (Å²) in [6.45, 7) is 11.2. The summed E-state index contributed by atoms with van der Waals surface area (Å²) < 4.78 is 3.23. The van der Waals surface area contributed by atoms with Gasteiger partial charge in [0.15, 0.2) is 0 Å². The van der Waals surface area contributed by atoms with E-state index < -0.39 is 0 Å². The van der Waals surface area contributed by atoms with Gasteiger partial charge in [-0.25, -0.2) is 0 Å². The first-order valence-corrected chi connectivity index (χ1v) is 8.48. The number of halogens is 1. The Hall–Kier alpha value is -0.390. The standard InChI is InChI=1S/C15H27BrN4/c1-5-12-15(16)14(19(4)18-12)10-20-8-6-7-17-13(9-20)11(2)3/h11,13,17H,5-10H2,1-4H3. The van der Waals surface area contributed by atoms with Crippen molar-refractivity contribution >= 4 is 15.9 Å². The fraction of sp³-hybridized carbons (Fsp3) is 0.800. The minimum Gasteiger partial charge on any atom is -0.312 e. The van der Waals surface area contributed by atoms with E-state index in [0.29, 0.717) is 12.0 Å². The van der Waals surface area contributed by atoms with Crippen molar-refractivity contribution in [3.8, 4) is 0 Å². The summed E-state index contributed by atoms with van der Waals surface area (Å²) in [5.41, 5.74) is 2.46. The molecule has 2 heterocycles. The summed E-state index contributed by atoms with van der Waals surface area (Å²) in [5, 5.41) is 8.27. The molecule has 1 unspecified atom stereocenters. The van der Waals surface area contributed by atoms with Crippen LogP contribution >= 0.6 is 15.9 Å². The van der Waals surface area contributed by atoms with Crippen LogP contribution in [0.1, 0.15) is 38.6 Å². The summed E-state index contributed by atoms with van der Waals surface area (Å²) >= 11 is 3.73. The van der Waals surface area contributed by atoms with E-state index >= 15 is 0 Å². The van der Waals surface area contributed by atoms with Gasteiger partial charge in [0.25, 0.3) is 0 Å². The van der Waals surface area contributed by atoms with Gasteiger partial charge in [-0.3, -0.25) is 9.58 Å². The Morgan fingerprint density at radius 1 is 1.45 bits per heavy atom. The Kier molecular flexibility index (Phi) is 5.64. The highest BCUT2D eigenvalue weighted by Crippen LogP contribution is 2.23. The normalized spacial score (nSPS) is 21.4. The summed E-state index contributed by atoms with van der Waals surface area (Å²) in [6, 6.07) is 0.593. The molecule has 20 heavy (non-hydrogen) atoms. The molecule has 1 saturated heterocycles. The molecule has 0 spiro atoms. The largest absolute Gasteiger partial charge is 0.312 e. The van der Waals surface area contributed by atoms with Gasteiger partial charge >= 0.3 is 0 Å². The second-order valence-electron chi connectivity index (χ2n) is 6.08. The Morgan fingerprint density at radius 2 is 2.20 bits per heavy atom. The highest BCUT2D eigenvalue weighted by Gasteiger charge is 2.22. The van der Waals surface area contributed by atoms with Crippen molar-refractivity contribution < 1.29 is 0 Å².